The number of amides is 2. The molecule has 9 nitrogen and oxygen atoms in total. The first kappa shape index (κ1) is 25.8. The van der Waals surface area contributed by atoms with Gasteiger partial charge in [-0.05, 0) is 75.3 Å². The highest BCUT2D eigenvalue weighted by Gasteiger charge is 2.54. The Bertz CT molecular complexity index is 1150. The monoisotopic (exact) mass is 514 g/mol. The standard InChI is InChI=1S/C26H31ClN4O5/c1-25(2,34)14-35-17-4-6-21(30-13-17)20(12-28)24(33)31-16-8-26(9-16)10-18(11-26)36-22-7-15(27)3-5-19(22)23(29)32/h3-7,12-13,16,18,28,30,34H,8-11,14H2,1-2H3,(H2,29,32)(H,31,33)/b21-20+,28-12?. The number of nitrogens with two attached hydrogens (primary N) is 1. The molecule has 0 aromatic heterocycles. The van der Waals surface area contributed by atoms with Gasteiger partial charge in [-0.3, -0.25) is 9.59 Å². The van der Waals surface area contributed by atoms with Gasteiger partial charge in [0, 0.05) is 23.5 Å². The van der Waals surface area contributed by atoms with Gasteiger partial charge in [-0.15, -0.1) is 0 Å². The topological polar surface area (TPSA) is 147 Å². The zero-order valence-corrected chi connectivity index (χ0v) is 21.0. The lowest BCUT2D eigenvalue weighted by Crippen LogP contribution is -2.59. The Hall–Kier alpha value is -3.30. The van der Waals surface area contributed by atoms with E-state index in [-0.39, 0.29) is 35.6 Å². The molecule has 0 radical (unpaired) electrons. The molecule has 10 heteroatoms. The quantitative estimate of drug-likeness (QED) is 0.253. The van der Waals surface area contributed by atoms with Crippen LogP contribution in [0.3, 0.4) is 0 Å². The molecule has 3 aliphatic rings. The van der Waals surface area contributed by atoms with E-state index in [1.165, 1.54) is 0 Å². The largest absolute Gasteiger partial charge is 0.490 e. The molecule has 4 rings (SSSR count). The van der Waals surface area contributed by atoms with E-state index in [9.17, 15) is 14.7 Å². The molecule has 1 aliphatic heterocycles. The van der Waals surface area contributed by atoms with E-state index in [0.717, 1.165) is 31.9 Å². The maximum absolute atomic E-state index is 12.8. The lowest BCUT2D eigenvalue weighted by molar-refractivity contribution is -0.123. The third kappa shape index (κ3) is 5.91. The summed E-state index contributed by atoms with van der Waals surface area (Å²) in [5.74, 6) is 0.0447. The number of dihydropyridines is 1. The van der Waals surface area contributed by atoms with Gasteiger partial charge in [0.2, 0.25) is 0 Å². The molecule has 6 N–H and O–H groups in total. The van der Waals surface area contributed by atoms with Gasteiger partial charge < -0.3 is 36.4 Å². The molecule has 192 valence electrons. The van der Waals surface area contributed by atoms with E-state index < -0.39 is 11.5 Å². The molecule has 1 spiro atoms. The van der Waals surface area contributed by atoms with Gasteiger partial charge in [0.25, 0.3) is 11.8 Å². The number of hydrogen-bond donors (Lipinski definition) is 5. The van der Waals surface area contributed by atoms with Crippen LogP contribution in [-0.2, 0) is 9.53 Å². The normalized spacial score (nSPS) is 26.1. The van der Waals surface area contributed by atoms with E-state index in [0.29, 0.717) is 27.8 Å². The van der Waals surface area contributed by atoms with Crippen LogP contribution >= 0.6 is 11.6 Å². The Morgan fingerprint density at radius 1 is 1.31 bits per heavy atom. The second kappa shape index (κ2) is 9.99. The third-order valence-electron chi connectivity index (χ3n) is 6.57. The van der Waals surface area contributed by atoms with Crippen molar-refractivity contribution in [1.82, 2.24) is 10.6 Å². The van der Waals surface area contributed by atoms with Crippen LogP contribution in [-0.4, -0.2) is 47.5 Å². The van der Waals surface area contributed by atoms with Crippen molar-refractivity contribution in [3.8, 4) is 5.75 Å². The number of hydrogen-bond acceptors (Lipinski definition) is 7. The van der Waals surface area contributed by atoms with Crippen molar-refractivity contribution in [2.45, 2.75) is 57.3 Å². The summed E-state index contributed by atoms with van der Waals surface area (Å²) in [4.78, 5) is 24.5. The molecule has 0 unspecified atom stereocenters. The van der Waals surface area contributed by atoms with Crippen LogP contribution in [0.5, 0.6) is 5.75 Å². The summed E-state index contributed by atoms with van der Waals surface area (Å²) < 4.78 is 11.5. The molecule has 2 saturated carbocycles. The minimum Gasteiger partial charge on any atom is -0.490 e. The molecule has 2 aliphatic carbocycles. The number of carbonyl (C=O) groups is 2. The van der Waals surface area contributed by atoms with Gasteiger partial charge in [0.05, 0.1) is 28.5 Å². The number of aliphatic hydroxyl groups is 1. The number of allylic oxidation sites excluding steroid dienone is 2. The molecular weight excluding hydrogens is 484 g/mol. The lowest BCUT2D eigenvalue weighted by Gasteiger charge is -2.57. The molecule has 0 atom stereocenters. The van der Waals surface area contributed by atoms with E-state index in [1.807, 2.05) is 0 Å². The van der Waals surface area contributed by atoms with E-state index in [2.05, 4.69) is 10.6 Å². The number of rotatable bonds is 9. The average Bonchev–Trinajstić information content (AvgIpc) is 2.75. The molecule has 2 amide bonds. The summed E-state index contributed by atoms with van der Waals surface area (Å²) in [6.07, 6.45) is 9.25. The summed E-state index contributed by atoms with van der Waals surface area (Å²) in [5.41, 5.74) is 5.61. The first-order valence-corrected chi connectivity index (χ1v) is 12.2. The molecule has 1 aromatic rings. The van der Waals surface area contributed by atoms with Crippen LogP contribution in [0, 0.1) is 10.8 Å². The van der Waals surface area contributed by atoms with Crippen molar-refractivity contribution >= 4 is 29.6 Å². The summed E-state index contributed by atoms with van der Waals surface area (Å²) >= 11 is 6.04. The molecule has 2 fully saturated rings. The number of nitrogens with one attached hydrogen (secondary N) is 3. The van der Waals surface area contributed by atoms with Crippen LogP contribution in [0.25, 0.3) is 0 Å². The molecule has 1 aromatic carbocycles. The Labute approximate surface area is 214 Å². The highest BCUT2D eigenvalue weighted by atomic mass is 35.5. The van der Waals surface area contributed by atoms with Gasteiger partial charge >= 0.3 is 0 Å². The first-order chi connectivity index (χ1) is 17.0. The van der Waals surface area contributed by atoms with Crippen molar-refractivity contribution in [2.24, 2.45) is 11.1 Å². The minimum absolute atomic E-state index is 0.0233. The molecule has 36 heavy (non-hydrogen) atoms. The Morgan fingerprint density at radius 3 is 2.61 bits per heavy atom. The first-order valence-electron chi connectivity index (χ1n) is 11.8. The Balaban J connectivity index is 1.26. The van der Waals surface area contributed by atoms with Crippen LogP contribution in [0.4, 0.5) is 0 Å². The predicted molar refractivity (Wildman–Crippen MR) is 136 cm³/mol. The third-order valence-corrected chi connectivity index (χ3v) is 6.81. The minimum atomic E-state index is -0.959. The fourth-order valence-electron chi connectivity index (χ4n) is 4.84. The summed E-state index contributed by atoms with van der Waals surface area (Å²) in [5, 5.41) is 24.0. The Morgan fingerprint density at radius 2 is 2.03 bits per heavy atom. The lowest BCUT2D eigenvalue weighted by atomic mass is 9.53. The smallest absolute Gasteiger partial charge is 0.255 e. The summed E-state index contributed by atoms with van der Waals surface area (Å²) in [7, 11) is 0. The Kier molecular flexibility index (Phi) is 7.15. The second-order valence-electron chi connectivity index (χ2n) is 10.3. The number of ether oxygens (including phenoxy) is 2. The van der Waals surface area contributed by atoms with Crippen molar-refractivity contribution < 1.29 is 24.2 Å². The highest BCUT2D eigenvalue weighted by Crippen LogP contribution is 2.57. The van der Waals surface area contributed by atoms with Gasteiger partial charge in [-0.25, -0.2) is 0 Å². The zero-order valence-electron chi connectivity index (χ0n) is 20.3. The van der Waals surface area contributed by atoms with Gasteiger partial charge in [-0.1, -0.05) is 11.6 Å². The fraction of sp³-hybridized carbons (Fsp3) is 0.423. The van der Waals surface area contributed by atoms with E-state index in [4.69, 9.17) is 32.2 Å². The SMILES string of the molecule is CC(C)(O)COC1=CN/C(=C(\C=N)C(=O)NC2CC3(C2)CC(Oc2cc(Cl)ccc2C(N)=O)C3)C=C1. The molecule has 0 bridgehead atoms. The van der Waals surface area contributed by atoms with Crippen LogP contribution in [0.1, 0.15) is 49.9 Å². The van der Waals surface area contributed by atoms with Crippen LogP contribution < -0.4 is 21.1 Å². The van der Waals surface area contributed by atoms with Crippen molar-refractivity contribution in [1.29, 1.82) is 5.41 Å². The number of primary amides is 1. The van der Waals surface area contributed by atoms with Crippen molar-refractivity contribution in [3.05, 3.63) is 64.2 Å². The van der Waals surface area contributed by atoms with Crippen molar-refractivity contribution in [3.63, 3.8) is 0 Å². The van der Waals surface area contributed by atoms with E-state index >= 15 is 0 Å². The summed E-state index contributed by atoms with van der Waals surface area (Å²) in [6.45, 7) is 3.43. The average molecular weight is 515 g/mol. The van der Waals surface area contributed by atoms with Crippen molar-refractivity contribution in [2.75, 3.05) is 6.61 Å². The van der Waals surface area contributed by atoms with Crippen LogP contribution in [0.2, 0.25) is 5.02 Å². The molecular formula is C26H31ClN4O5. The van der Waals surface area contributed by atoms with E-state index in [1.54, 1.807) is 50.4 Å². The zero-order chi connectivity index (χ0) is 26.1. The highest BCUT2D eigenvalue weighted by molar-refractivity contribution is 6.30. The maximum Gasteiger partial charge on any atom is 0.255 e. The second-order valence-corrected chi connectivity index (χ2v) is 10.8. The van der Waals surface area contributed by atoms with Gasteiger partial charge in [-0.2, -0.15) is 0 Å². The number of carbonyl (C=O) groups excluding carboxylic acids is 2. The molecule has 1 heterocycles. The fourth-order valence-corrected chi connectivity index (χ4v) is 5.01. The van der Waals surface area contributed by atoms with Crippen LogP contribution in [0.15, 0.2) is 53.6 Å². The number of halogens is 1. The maximum atomic E-state index is 12.8. The van der Waals surface area contributed by atoms with Gasteiger partial charge in [0.15, 0.2) is 0 Å². The molecule has 0 saturated heterocycles. The van der Waals surface area contributed by atoms with Gasteiger partial charge in [0.1, 0.15) is 18.1 Å². The predicted octanol–water partition coefficient (Wildman–Crippen LogP) is 2.94. The number of benzene rings is 1. The summed E-state index contributed by atoms with van der Waals surface area (Å²) in [6, 6.07) is 4.80.